The number of thioether (sulfide) groups is 1. The van der Waals surface area contributed by atoms with Crippen molar-refractivity contribution >= 4 is 74.8 Å². The minimum Gasteiger partial charge on any atom is -0.323 e. The number of nitrogens with one attached hydrogen (secondary N) is 1. The quantitative estimate of drug-likeness (QED) is 0.291. The van der Waals surface area contributed by atoms with Crippen LogP contribution in [-0.2, 0) is 9.59 Å². The van der Waals surface area contributed by atoms with E-state index in [1.807, 2.05) is 38.1 Å². The zero-order valence-electron chi connectivity index (χ0n) is 17.8. The van der Waals surface area contributed by atoms with E-state index in [9.17, 15) is 14.4 Å². The van der Waals surface area contributed by atoms with Crippen molar-refractivity contribution in [1.29, 1.82) is 0 Å². The standard InChI is InChI=1S/C24H19ClIN3O3S/c1-14-10-16(15(2)29(14)18-7-5-6-17(26)12-18)11-21-23(31)28(24(32)33-21)13-22(30)27-20-9-4-3-8-19(20)25/h3-12H,13H2,1-2H3,(H,27,30)/b21-11+. The molecule has 1 aliphatic heterocycles. The van der Waals surface area contributed by atoms with Crippen LogP contribution < -0.4 is 5.32 Å². The molecule has 1 aliphatic rings. The lowest BCUT2D eigenvalue weighted by Gasteiger charge is -2.13. The molecule has 168 valence electrons. The minimum absolute atomic E-state index is 0.286. The van der Waals surface area contributed by atoms with Gasteiger partial charge in [-0.2, -0.15) is 0 Å². The van der Waals surface area contributed by atoms with Crippen molar-refractivity contribution in [3.8, 4) is 5.69 Å². The molecule has 1 saturated heterocycles. The highest BCUT2D eigenvalue weighted by Gasteiger charge is 2.36. The molecule has 2 heterocycles. The number of halogens is 2. The Morgan fingerprint density at radius 3 is 2.61 bits per heavy atom. The first kappa shape index (κ1) is 23.6. The number of rotatable bonds is 5. The van der Waals surface area contributed by atoms with Gasteiger partial charge in [0, 0.05) is 20.6 Å². The van der Waals surface area contributed by atoms with E-state index in [-0.39, 0.29) is 11.4 Å². The van der Waals surface area contributed by atoms with Crippen LogP contribution in [-0.4, -0.2) is 33.1 Å². The number of para-hydroxylation sites is 1. The Bertz CT molecular complexity index is 1320. The molecule has 33 heavy (non-hydrogen) atoms. The zero-order chi connectivity index (χ0) is 23.7. The summed E-state index contributed by atoms with van der Waals surface area (Å²) in [5, 5.41) is 2.53. The largest absolute Gasteiger partial charge is 0.323 e. The Hall–Kier alpha value is -2.56. The lowest BCUT2D eigenvalue weighted by molar-refractivity contribution is -0.127. The molecule has 0 bridgehead atoms. The molecule has 0 radical (unpaired) electrons. The normalized spacial score (nSPS) is 14.9. The first-order valence-corrected chi connectivity index (χ1v) is 12.3. The molecular formula is C24H19ClIN3O3S. The molecule has 0 saturated carbocycles. The van der Waals surface area contributed by atoms with Gasteiger partial charge in [0.1, 0.15) is 6.54 Å². The number of carbonyl (C=O) groups is 3. The van der Waals surface area contributed by atoms with Gasteiger partial charge in [0.15, 0.2) is 0 Å². The average Bonchev–Trinajstić information content (AvgIpc) is 3.19. The van der Waals surface area contributed by atoms with Crippen molar-refractivity contribution in [2.24, 2.45) is 0 Å². The summed E-state index contributed by atoms with van der Waals surface area (Å²) < 4.78 is 3.23. The minimum atomic E-state index is -0.497. The third-order valence-corrected chi connectivity index (χ3v) is 7.05. The van der Waals surface area contributed by atoms with Gasteiger partial charge >= 0.3 is 0 Å². The zero-order valence-corrected chi connectivity index (χ0v) is 21.5. The van der Waals surface area contributed by atoms with Gasteiger partial charge < -0.3 is 9.88 Å². The number of carbonyl (C=O) groups excluding carboxylic acids is 3. The molecule has 6 nitrogen and oxygen atoms in total. The molecule has 4 rings (SSSR count). The van der Waals surface area contributed by atoms with E-state index in [1.54, 1.807) is 30.3 Å². The summed E-state index contributed by atoms with van der Waals surface area (Å²) in [5.41, 5.74) is 4.27. The van der Waals surface area contributed by atoms with E-state index in [0.717, 1.165) is 42.9 Å². The Kier molecular flexibility index (Phi) is 6.96. The van der Waals surface area contributed by atoms with E-state index in [1.165, 1.54) is 0 Å². The number of aryl methyl sites for hydroxylation is 1. The van der Waals surface area contributed by atoms with Gasteiger partial charge in [-0.3, -0.25) is 19.3 Å². The van der Waals surface area contributed by atoms with Crippen LogP contribution in [0.4, 0.5) is 10.5 Å². The van der Waals surface area contributed by atoms with Crippen molar-refractivity contribution in [2.75, 3.05) is 11.9 Å². The van der Waals surface area contributed by atoms with Crippen LogP contribution >= 0.6 is 46.0 Å². The van der Waals surface area contributed by atoms with Gasteiger partial charge in [-0.25, -0.2) is 0 Å². The van der Waals surface area contributed by atoms with Crippen LogP contribution in [0.3, 0.4) is 0 Å². The smallest absolute Gasteiger partial charge is 0.294 e. The number of hydrogen-bond donors (Lipinski definition) is 1. The average molecular weight is 592 g/mol. The molecule has 9 heteroatoms. The predicted molar refractivity (Wildman–Crippen MR) is 141 cm³/mol. The van der Waals surface area contributed by atoms with Crippen molar-refractivity contribution in [2.45, 2.75) is 13.8 Å². The third-order valence-electron chi connectivity index (χ3n) is 5.15. The second-order valence-electron chi connectivity index (χ2n) is 7.44. The highest BCUT2D eigenvalue weighted by atomic mass is 127. The molecule has 1 aromatic heterocycles. The van der Waals surface area contributed by atoms with Crippen LogP contribution in [0, 0.1) is 17.4 Å². The summed E-state index contributed by atoms with van der Waals surface area (Å²) in [6.45, 7) is 3.59. The lowest BCUT2D eigenvalue weighted by atomic mass is 10.2. The third kappa shape index (κ3) is 5.02. The summed E-state index contributed by atoms with van der Waals surface area (Å²) >= 11 is 9.16. The van der Waals surface area contributed by atoms with E-state index < -0.39 is 17.1 Å². The molecule has 0 spiro atoms. The van der Waals surface area contributed by atoms with Crippen LogP contribution in [0.25, 0.3) is 11.8 Å². The van der Waals surface area contributed by atoms with E-state index in [2.05, 4.69) is 38.5 Å². The van der Waals surface area contributed by atoms with Crippen LogP contribution in [0.2, 0.25) is 5.02 Å². The molecular weight excluding hydrogens is 573 g/mol. The highest BCUT2D eigenvalue weighted by Crippen LogP contribution is 2.34. The van der Waals surface area contributed by atoms with Gasteiger partial charge in [-0.15, -0.1) is 0 Å². The van der Waals surface area contributed by atoms with Crippen molar-refractivity contribution in [3.05, 3.63) is 85.0 Å². The second kappa shape index (κ2) is 9.74. The molecule has 1 N–H and O–H groups in total. The summed E-state index contributed by atoms with van der Waals surface area (Å²) in [4.78, 5) is 39.0. The van der Waals surface area contributed by atoms with Gasteiger partial charge in [0.05, 0.1) is 15.6 Å². The van der Waals surface area contributed by atoms with E-state index in [0.29, 0.717) is 10.7 Å². The predicted octanol–water partition coefficient (Wildman–Crippen LogP) is 6.03. The number of benzene rings is 2. The highest BCUT2D eigenvalue weighted by molar-refractivity contribution is 14.1. The SMILES string of the molecule is Cc1cc(/C=C2/SC(=O)N(CC(=O)Nc3ccccc3Cl)C2=O)c(C)n1-c1cccc(I)c1. The first-order chi connectivity index (χ1) is 15.7. The molecule has 0 unspecified atom stereocenters. The molecule has 0 atom stereocenters. The summed E-state index contributed by atoms with van der Waals surface area (Å²) in [5.74, 6) is -0.984. The van der Waals surface area contributed by atoms with Gasteiger partial charge in [-0.1, -0.05) is 29.8 Å². The Labute approximate surface area is 214 Å². The fourth-order valence-corrected chi connectivity index (χ4v) is 5.16. The number of imide groups is 1. The topological polar surface area (TPSA) is 71.4 Å². The molecule has 1 fully saturated rings. The van der Waals surface area contributed by atoms with Gasteiger partial charge in [0.25, 0.3) is 11.1 Å². The Morgan fingerprint density at radius 2 is 1.88 bits per heavy atom. The molecule has 3 aromatic rings. The number of anilines is 1. The van der Waals surface area contributed by atoms with Crippen LogP contribution in [0.5, 0.6) is 0 Å². The van der Waals surface area contributed by atoms with Crippen molar-refractivity contribution in [3.63, 3.8) is 0 Å². The number of amides is 3. The number of hydrogen-bond acceptors (Lipinski definition) is 4. The maximum atomic E-state index is 12.9. The van der Waals surface area contributed by atoms with Crippen LogP contribution in [0.15, 0.2) is 59.5 Å². The Morgan fingerprint density at radius 1 is 1.12 bits per heavy atom. The maximum Gasteiger partial charge on any atom is 0.294 e. The number of aromatic nitrogens is 1. The lowest BCUT2D eigenvalue weighted by Crippen LogP contribution is -2.36. The van der Waals surface area contributed by atoms with Gasteiger partial charge in [-0.05, 0) is 96.2 Å². The molecule has 0 aliphatic carbocycles. The fraction of sp³-hybridized carbons (Fsp3) is 0.125. The maximum absolute atomic E-state index is 12.9. The van der Waals surface area contributed by atoms with E-state index >= 15 is 0 Å². The summed E-state index contributed by atoms with van der Waals surface area (Å²) in [6.07, 6.45) is 1.71. The fourth-order valence-electron chi connectivity index (χ4n) is 3.62. The van der Waals surface area contributed by atoms with E-state index in [4.69, 9.17) is 11.6 Å². The molecule has 2 aromatic carbocycles. The Balaban J connectivity index is 1.54. The second-order valence-corrected chi connectivity index (χ2v) is 10.1. The van der Waals surface area contributed by atoms with Crippen molar-refractivity contribution in [1.82, 2.24) is 9.47 Å². The molecule has 3 amide bonds. The monoisotopic (exact) mass is 591 g/mol. The summed E-state index contributed by atoms with van der Waals surface area (Å²) in [6, 6.07) is 16.9. The van der Waals surface area contributed by atoms with Gasteiger partial charge in [0.2, 0.25) is 5.91 Å². The number of nitrogens with zero attached hydrogens (tertiary/aromatic N) is 2. The summed E-state index contributed by atoms with van der Waals surface area (Å²) in [7, 11) is 0. The first-order valence-electron chi connectivity index (χ1n) is 9.99. The van der Waals surface area contributed by atoms with Crippen LogP contribution in [0.1, 0.15) is 17.0 Å². The van der Waals surface area contributed by atoms with Crippen molar-refractivity contribution < 1.29 is 14.4 Å².